The highest BCUT2D eigenvalue weighted by Gasteiger charge is 2.30. The Bertz CT molecular complexity index is 401. The lowest BCUT2D eigenvalue weighted by Gasteiger charge is -2.25. The molecule has 1 aromatic rings. The minimum absolute atomic E-state index is 0.703. The highest BCUT2D eigenvalue weighted by molar-refractivity contribution is 9.10. The summed E-state index contributed by atoms with van der Waals surface area (Å²) >= 11 is 3.69. The number of rotatable bonds is 6. The van der Waals surface area contributed by atoms with Gasteiger partial charge in [0.15, 0.2) is 0 Å². The lowest BCUT2D eigenvalue weighted by molar-refractivity contribution is 0.226. The Kier molecular flexibility index (Phi) is 4.82. The number of halogens is 1. The van der Waals surface area contributed by atoms with Gasteiger partial charge in [-0.25, -0.2) is 0 Å². The minimum atomic E-state index is 0.703. The molecule has 1 aliphatic carbocycles. The van der Waals surface area contributed by atoms with E-state index >= 15 is 0 Å². The summed E-state index contributed by atoms with van der Waals surface area (Å²) in [4.78, 5) is 2.47. The topological polar surface area (TPSA) is 15.3 Å². The summed E-state index contributed by atoms with van der Waals surface area (Å²) in [5, 5.41) is 3.18. The maximum absolute atomic E-state index is 3.69. The molecule has 0 bridgehead atoms. The largest absolute Gasteiger partial charge is 0.316 e. The fraction of sp³-hybridized carbons (Fsp3) is 0.600. The van der Waals surface area contributed by atoms with E-state index < -0.39 is 0 Å². The molecular formula is C15H23BrN2. The van der Waals surface area contributed by atoms with Crippen LogP contribution < -0.4 is 5.32 Å². The van der Waals surface area contributed by atoms with Crippen LogP contribution in [0.15, 0.2) is 22.7 Å². The van der Waals surface area contributed by atoms with Crippen LogP contribution in [-0.2, 0) is 13.1 Å². The van der Waals surface area contributed by atoms with Gasteiger partial charge in [-0.05, 0) is 57.0 Å². The van der Waals surface area contributed by atoms with E-state index in [1.54, 1.807) is 0 Å². The van der Waals surface area contributed by atoms with Crippen molar-refractivity contribution in [1.82, 2.24) is 10.2 Å². The fourth-order valence-corrected chi connectivity index (χ4v) is 2.94. The zero-order chi connectivity index (χ0) is 13.1. The van der Waals surface area contributed by atoms with Crippen LogP contribution in [0, 0.1) is 5.92 Å². The van der Waals surface area contributed by atoms with E-state index in [9.17, 15) is 0 Å². The van der Waals surface area contributed by atoms with Gasteiger partial charge in [0.2, 0.25) is 0 Å². The summed E-state index contributed by atoms with van der Waals surface area (Å²) in [6.07, 6.45) is 2.82. The zero-order valence-corrected chi connectivity index (χ0v) is 13.1. The van der Waals surface area contributed by atoms with Crippen molar-refractivity contribution in [1.29, 1.82) is 0 Å². The van der Waals surface area contributed by atoms with E-state index in [1.165, 1.54) is 28.4 Å². The van der Waals surface area contributed by atoms with Gasteiger partial charge in [-0.15, -0.1) is 0 Å². The van der Waals surface area contributed by atoms with E-state index in [2.05, 4.69) is 58.3 Å². The molecule has 0 aliphatic heterocycles. The Balaban J connectivity index is 1.99. The molecule has 1 aliphatic rings. The van der Waals surface area contributed by atoms with Crippen LogP contribution in [0.2, 0.25) is 0 Å². The molecule has 1 N–H and O–H groups in total. The average Bonchev–Trinajstić information content (AvgIpc) is 3.16. The Morgan fingerprint density at radius 1 is 1.44 bits per heavy atom. The summed E-state index contributed by atoms with van der Waals surface area (Å²) < 4.78 is 1.23. The van der Waals surface area contributed by atoms with Crippen molar-refractivity contribution in [2.75, 3.05) is 14.1 Å². The summed E-state index contributed by atoms with van der Waals surface area (Å²) in [5.74, 6) is 0.928. The van der Waals surface area contributed by atoms with Crippen molar-refractivity contribution in [3.8, 4) is 0 Å². The molecule has 1 unspecified atom stereocenters. The lowest BCUT2D eigenvalue weighted by atomic mass is 10.1. The van der Waals surface area contributed by atoms with Crippen molar-refractivity contribution in [3.63, 3.8) is 0 Å². The van der Waals surface area contributed by atoms with E-state index in [0.29, 0.717) is 6.04 Å². The van der Waals surface area contributed by atoms with Crippen molar-refractivity contribution in [2.45, 2.75) is 38.9 Å². The Hall–Kier alpha value is -0.380. The summed E-state index contributed by atoms with van der Waals surface area (Å²) in [7, 11) is 4.21. The third-order valence-electron chi connectivity index (χ3n) is 3.92. The molecule has 3 heteroatoms. The second kappa shape index (κ2) is 6.18. The quantitative estimate of drug-likeness (QED) is 0.866. The molecule has 1 fully saturated rings. The van der Waals surface area contributed by atoms with Gasteiger partial charge in [-0.1, -0.05) is 28.1 Å². The Morgan fingerprint density at radius 2 is 2.17 bits per heavy atom. The van der Waals surface area contributed by atoms with Crippen LogP contribution in [0.5, 0.6) is 0 Å². The first kappa shape index (κ1) is 14.0. The number of hydrogen-bond acceptors (Lipinski definition) is 2. The number of benzene rings is 1. The van der Waals surface area contributed by atoms with Gasteiger partial charge in [-0.2, -0.15) is 0 Å². The molecule has 1 saturated carbocycles. The SMILES string of the molecule is CNCc1ccc(CN(C)C(C)C2CC2)c(Br)c1. The van der Waals surface area contributed by atoms with Crippen LogP contribution in [-0.4, -0.2) is 25.0 Å². The third-order valence-corrected chi connectivity index (χ3v) is 4.66. The minimum Gasteiger partial charge on any atom is -0.316 e. The molecule has 2 rings (SSSR count). The molecule has 100 valence electrons. The number of nitrogens with zero attached hydrogens (tertiary/aromatic N) is 1. The van der Waals surface area contributed by atoms with Gasteiger partial charge in [0.25, 0.3) is 0 Å². The lowest BCUT2D eigenvalue weighted by Crippen LogP contribution is -2.30. The van der Waals surface area contributed by atoms with E-state index in [4.69, 9.17) is 0 Å². The number of nitrogens with one attached hydrogen (secondary N) is 1. The average molecular weight is 311 g/mol. The molecular weight excluding hydrogens is 288 g/mol. The van der Waals surface area contributed by atoms with Crippen molar-refractivity contribution < 1.29 is 0 Å². The van der Waals surface area contributed by atoms with Crippen LogP contribution in [0.1, 0.15) is 30.9 Å². The first-order chi connectivity index (χ1) is 8.61. The Labute approximate surface area is 119 Å². The van der Waals surface area contributed by atoms with Crippen molar-refractivity contribution in [2.24, 2.45) is 5.92 Å². The molecule has 0 radical (unpaired) electrons. The monoisotopic (exact) mass is 310 g/mol. The molecule has 18 heavy (non-hydrogen) atoms. The molecule has 1 atom stereocenters. The third kappa shape index (κ3) is 3.56. The van der Waals surface area contributed by atoms with E-state index in [1.807, 2.05) is 7.05 Å². The van der Waals surface area contributed by atoms with Crippen molar-refractivity contribution in [3.05, 3.63) is 33.8 Å². The molecule has 2 nitrogen and oxygen atoms in total. The molecule has 0 saturated heterocycles. The van der Waals surface area contributed by atoms with E-state index in [0.717, 1.165) is 19.0 Å². The van der Waals surface area contributed by atoms with Gasteiger partial charge < -0.3 is 5.32 Å². The smallest absolute Gasteiger partial charge is 0.0244 e. The molecule has 0 amide bonds. The van der Waals surface area contributed by atoms with Crippen LogP contribution in [0.4, 0.5) is 0 Å². The predicted molar refractivity (Wildman–Crippen MR) is 80.6 cm³/mol. The molecule has 0 aromatic heterocycles. The fourth-order valence-electron chi connectivity index (χ4n) is 2.38. The first-order valence-electron chi connectivity index (χ1n) is 6.74. The summed E-state index contributed by atoms with van der Waals surface area (Å²) in [5.41, 5.74) is 2.70. The highest BCUT2D eigenvalue weighted by atomic mass is 79.9. The van der Waals surface area contributed by atoms with Crippen LogP contribution in [0.3, 0.4) is 0 Å². The van der Waals surface area contributed by atoms with Crippen molar-refractivity contribution >= 4 is 15.9 Å². The standard InChI is InChI=1S/C15H23BrN2/c1-11(13-6-7-13)18(3)10-14-5-4-12(9-17-2)8-15(14)16/h4-5,8,11,13,17H,6-7,9-10H2,1-3H3. The predicted octanol–water partition coefficient (Wildman–Crippen LogP) is 3.40. The maximum Gasteiger partial charge on any atom is 0.0244 e. The summed E-state index contributed by atoms with van der Waals surface area (Å²) in [6.45, 7) is 4.30. The number of hydrogen-bond donors (Lipinski definition) is 1. The maximum atomic E-state index is 3.69. The van der Waals surface area contributed by atoms with Gasteiger partial charge in [-0.3, -0.25) is 4.90 Å². The second-order valence-corrected chi connectivity index (χ2v) is 6.30. The van der Waals surface area contributed by atoms with E-state index in [-0.39, 0.29) is 0 Å². The zero-order valence-electron chi connectivity index (χ0n) is 11.5. The first-order valence-corrected chi connectivity index (χ1v) is 7.53. The van der Waals surface area contributed by atoms with Gasteiger partial charge >= 0.3 is 0 Å². The molecule has 0 heterocycles. The van der Waals surface area contributed by atoms with Gasteiger partial charge in [0.1, 0.15) is 0 Å². The molecule has 1 aromatic carbocycles. The Morgan fingerprint density at radius 3 is 2.72 bits per heavy atom. The van der Waals surface area contributed by atoms with Crippen LogP contribution in [0.25, 0.3) is 0 Å². The van der Waals surface area contributed by atoms with Crippen LogP contribution >= 0.6 is 15.9 Å². The normalized spacial score (nSPS) is 17.2. The second-order valence-electron chi connectivity index (χ2n) is 5.45. The van der Waals surface area contributed by atoms with Gasteiger partial charge in [0.05, 0.1) is 0 Å². The highest BCUT2D eigenvalue weighted by Crippen LogP contribution is 2.35. The molecule has 0 spiro atoms. The van der Waals surface area contributed by atoms with Gasteiger partial charge in [0, 0.05) is 23.6 Å². The summed E-state index contributed by atoms with van der Waals surface area (Å²) in [6, 6.07) is 7.38.